The smallest absolute Gasteiger partial charge is 0.264 e. The van der Waals surface area contributed by atoms with Gasteiger partial charge in [-0.25, -0.2) is 8.42 Å². The fourth-order valence-electron chi connectivity index (χ4n) is 3.22. The first-order chi connectivity index (χ1) is 15.3. The minimum absolute atomic E-state index is 0.184. The topological polar surface area (TPSA) is 76.6 Å². The van der Waals surface area contributed by atoms with Crippen LogP contribution in [0.25, 0.3) is 0 Å². The highest BCUT2D eigenvalue weighted by atomic mass is 32.2. The summed E-state index contributed by atoms with van der Waals surface area (Å²) < 4.78 is 34.2. The van der Waals surface area contributed by atoms with E-state index in [2.05, 4.69) is 4.98 Å². The summed E-state index contributed by atoms with van der Waals surface area (Å²) in [5.74, 6) is 0.802. The lowest BCUT2D eigenvalue weighted by Crippen LogP contribution is -2.34. The van der Waals surface area contributed by atoms with E-state index in [0.29, 0.717) is 24.6 Å². The monoisotopic (exact) mass is 454 g/mol. The molecule has 1 aromatic heterocycles. The number of rotatable bonds is 8. The third-order valence-corrected chi connectivity index (χ3v) is 6.51. The summed E-state index contributed by atoms with van der Waals surface area (Å²) in [7, 11) is -3.70. The second kappa shape index (κ2) is 11.4. The number of hydrogen-bond acceptors (Lipinski definition) is 5. The second-order valence-electron chi connectivity index (χ2n) is 7.84. The zero-order valence-corrected chi connectivity index (χ0v) is 19.8. The molecule has 3 aromatic rings. The van der Waals surface area contributed by atoms with Gasteiger partial charge in [0.25, 0.3) is 10.0 Å². The van der Waals surface area contributed by atoms with Crippen molar-refractivity contribution in [2.24, 2.45) is 5.92 Å². The van der Waals surface area contributed by atoms with Gasteiger partial charge in [0, 0.05) is 18.9 Å². The lowest BCUT2D eigenvalue weighted by atomic mass is 10.1. The van der Waals surface area contributed by atoms with Crippen molar-refractivity contribution in [1.82, 2.24) is 4.98 Å². The van der Waals surface area contributed by atoms with Crippen LogP contribution >= 0.6 is 0 Å². The van der Waals surface area contributed by atoms with Crippen LogP contribution in [-0.4, -0.2) is 26.7 Å². The summed E-state index contributed by atoms with van der Waals surface area (Å²) >= 11 is 0. The molecule has 0 radical (unpaired) electrons. The fourth-order valence-corrected chi connectivity index (χ4v) is 4.92. The van der Waals surface area contributed by atoms with E-state index in [0.717, 1.165) is 16.7 Å². The largest absolute Gasteiger partial charge is 0.489 e. The van der Waals surface area contributed by atoms with E-state index in [1.54, 1.807) is 36.7 Å². The van der Waals surface area contributed by atoms with Crippen molar-refractivity contribution in [3.8, 4) is 5.75 Å². The molecule has 0 amide bonds. The lowest BCUT2D eigenvalue weighted by Gasteiger charge is -2.28. The highest BCUT2D eigenvalue weighted by molar-refractivity contribution is 7.92. The van der Waals surface area contributed by atoms with Gasteiger partial charge in [-0.15, -0.1) is 0 Å². The summed E-state index contributed by atoms with van der Waals surface area (Å²) in [6.07, 6.45) is 3.43. The molecule has 3 rings (SSSR count). The number of aryl methyl sites for hydroxylation is 2. The predicted octanol–water partition coefficient (Wildman–Crippen LogP) is 4.94. The summed E-state index contributed by atoms with van der Waals surface area (Å²) in [4.78, 5) is 12.2. The molecule has 0 spiro atoms. The van der Waals surface area contributed by atoms with Gasteiger partial charge in [0.05, 0.1) is 10.6 Å². The van der Waals surface area contributed by atoms with Crippen molar-refractivity contribution in [1.29, 1.82) is 0 Å². The molecule has 0 saturated carbocycles. The molecule has 2 aromatic carbocycles. The minimum Gasteiger partial charge on any atom is -0.489 e. The number of sulfonamides is 1. The fraction of sp³-hybridized carbons (Fsp3) is 0.280. The van der Waals surface area contributed by atoms with Crippen molar-refractivity contribution in [2.45, 2.75) is 39.2 Å². The van der Waals surface area contributed by atoms with E-state index >= 15 is 0 Å². The molecule has 0 bridgehead atoms. The summed E-state index contributed by atoms with van der Waals surface area (Å²) in [6, 6.07) is 16.2. The molecular formula is C25H30N2O4S. The lowest BCUT2D eigenvalue weighted by molar-refractivity contribution is -0.0980. The maximum absolute atomic E-state index is 13.5. The van der Waals surface area contributed by atoms with E-state index in [-0.39, 0.29) is 10.8 Å². The van der Waals surface area contributed by atoms with E-state index in [1.165, 1.54) is 4.31 Å². The Morgan fingerprint density at radius 3 is 2.16 bits per heavy atom. The molecule has 0 N–H and O–H groups in total. The Morgan fingerprint density at radius 1 is 0.969 bits per heavy atom. The number of nitrogens with zero attached hydrogens (tertiary/aromatic N) is 2. The Morgan fingerprint density at radius 2 is 1.59 bits per heavy atom. The van der Waals surface area contributed by atoms with Crippen LogP contribution in [0.5, 0.6) is 5.75 Å². The SMILES string of the molecule is C=O.Cc1ccc(N(CC(C)C)S(=O)(=O)c2ccc(OCc3ccncc3)cc2)c(C)c1. The molecule has 0 aliphatic rings. The predicted molar refractivity (Wildman–Crippen MR) is 127 cm³/mol. The van der Waals surface area contributed by atoms with E-state index in [1.807, 2.05) is 64.8 Å². The van der Waals surface area contributed by atoms with Gasteiger partial charge >= 0.3 is 0 Å². The first-order valence-electron chi connectivity index (χ1n) is 10.3. The Bertz CT molecular complexity index is 1100. The Hall–Kier alpha value is -3.19. The zero-order chi connectivity index (χ0) is 23.7. The Kier molecular flexibility index (Phi) is 8.96. The van der Waals surface area contributed by atoms with Crippen LogP contribution in [0.3, 0.4) is 0 Å². The molecule has 0 aliphatic carbocycles. The average molecular weight is 455 g/mol. The quantitative estimate of drug-likeness (QED) is 0.482. The van der Waals surface area contributed by atoms with Crippen LogP contribution in [0.1, 0.15) is 30.5 Å². The van der Waals surface area contributed by atoms with Crippen LogP contribution in [0, 0.1) is 19.8 Å². The van der Waals surface area contributed by atoms with Crippen LogP contribution < -0.4 is 9.04 Å². The number of anilines is 1. The van der Waals surface area contributed by atoms with E-state index in [9.17, 15) is 8.42 Å². The van der Waals surface area contributed by atoms with Gasteiger partial charge in [-0.2, -0.15) is 0 Å². The number of carbonyl (C=O) groups is 1. The number of aromatic nitrogens is 1. The standard InChI is InChI=1S/C24H28N2O3S.CH2O/c1-18(2)16-26(24-10-5-19(3)15-20(24)4)30(27,28)23-8-6-22(7-9-23)29-17-21-11-13-25-14-12-21;1-2/h5-15,18H,16-17H2,1-4H3;1H2. The number of benzene rings is 2. The first kappa shape index (κ1) is 25.1. The Labute approximate surface area is 190 Å². The number of carbonyl (C=O) groups excluding carboxylic acids is 1. The molecule has 1 heterocycles. The van der Waals surface area contributed by atoms with Crippen molar-refractivity contribution in [3.63, 3.8) is 0 Å². The van der Waals surface area contributed by atoms with Crippen molar-refractivity contribution >= 4 is 22.5 Å². The van der Waals surface area contributed by atoms with Crippen molar-refractivity contribution < 1.29 is 17.9 Å². The molecule has 0 atom stereocenters. The van der Waals surface area contributed by atoms with Crippen LogP contribution in [0.15, 0.2) is 71.9 Å². The van der Waals surface area contributed by atoms with E-state index < -0.39 is 10.0 Å². The zero-order valence-electron chi connectivity index (χ0n) is 19.0. The highest BCUT2D eigenvalue weighted by Crippen LogP contribution is 2.29. The summed E-state index contributed by atoms with van der Waals surface area (Å²) in [5.41, 5.74) is 3.76. The molecule has 0 unspecified atom stereocenters. The van der Waals surface area contributed by atoms with Gasteiger partial charge in [0.15, 0.2) is 0 Å². The van der Waals surface area contributed by atoms with Gasteiger partial charge < -0.3 is 9.53 Å². The number of hydrogen-bond donors (Lipinski definition) is 0. The first-order valence-corrected chi connectivity index (χ1v) is 11.7. The van der Waals surface area contributed by atoms with Gasteiger partial charge in [0.2, 0.25) is 0 Å². The summed E-state index contributed by atoms with van der Waals surface area (Å²) in [5, 5.41) is 0. The maximum atomic E-state index is 13.5. The second-order valence-corrected chi connectivity index (χ2v) is 9.70. The third kappa shape index (κ3) is 6.40. The van der Waals surface area contributed by atoms with Crippen molar-refractivity contribution in [2.75, 3.05) is 10.8 Å². The van der Waals surface area contributed by atoms with Gasteiger partial charge in [-0.05, 0) is 73.4 Å². The van der Waals surface area contributed by atoms with Gasteiger partial charge in [0.1, 0.15) is 19.1 Å². The van der Waals surface area contributed by atoms with Crippen LogP contribution in [0.4, 0.5) is 5.69 Å². The molecule has 170 valence electrons. The molecule has 0 fully saturated rings. The van der Waals surface area contributed by atoms with Crippen molar-refractivity contribution in [3.05, 3.63) is 83.7 Å². The molecule has 0 saturated heterocycles. The Balaban J connectivity index is 0.00000176. The number of ether oxygens (including phenoxy) is 1. The van der Waals surface area contributed by atoms with Gasteiger partial charge in [-0.3, -0.25) is 9.29 Å². The molecule has 32 heavy (non-hydrogen) atoms. The van der Waals surface area contributed by atoms with Gasteiger partial charge in [-0.1, -0.05) is 31.5 Å². The summed E-state index contributed by atoms with van der Waals surface area (Å²) in [6.45, 7) is 10.8. The molecular weight excluding hydrogens is 424 g/mol. The minimum atomic E-state index is -3.70. The molecule has 7 heteroatoms. The van der Waals surface area contributed by atoms with E-state index in [4.69, 9.17) is 9.53 Å². The molecule has 0 aliphatic heterocycles. The number of pyridine rings is 1. The van der Waals surface area contributed by atoms with Crippen LogP contribution in [0.2, 0.25) is 0 Å². The highest BCUT2D eigenvalue weighted by Gasteiger charge is 2.26. The van der Waals surface area contributed by atoms with Crippen LogP contribution in [-0.2, 0) is 21.4 Å². The molecule has 6 nitrogen and oxygen atoms in total. The normalized spacial score (nSPS) is 10.9. The third-order valence-electron chi connectivity index (χ3n) is 4.72. The maximum Gasteiger partial charge on any atom is 0.264 e. The average Bonchev–Trinajstić information content (AvgIpc) is 2.79.